The number of benzene rings is 1. The minimum absolute atomic E-state index is 0.00149. The third-order valence-corrected chi connectivity index (χ3v) is 2.78. The fourth-order valence-electron chi connectivity index (χ4n) is 1.96. The number of hydrogen-bond donors (Lipinski definition) is 0. The van der Waals surface area contributed by atoms with E-state index < -0.39 is 0 Å². The van der Waals surface area contributed by atoms with Gasteiger partial charge in [0.15, 0.2) is 0 Å². The van der Waals surface area contributed by atoms with Gasteiger partial charge in [-0.3, -0.25) is 4.79 Å². The SMILES string of the molecule is CCOc1ccccc1CC1CCOC1=O. The van der Waals surface area contributed by atoms with Crippen molar-refractivity contribution in [1.29, 1.82) is 0 Å². The van der Waals surface area contributed by atoms with Crippen molar-refractivity contribution >= 4 is 5.97 Å². The summed E-state index contributed by atoms with van der Waals surface area (Å²) in [4.78, 5) is 11.4. The molecule has 1 fully saturated rings. The van der Waals surface area contributed by atoms with Crippen LogP contribution in [-0.2, 0) is 16.0 Å². The Morgan fingerprint density at radius 2 is 2.25 bits per heavy atom. The molecule has 1 saturated heterocycles. The highest BCUT2D eigenvalue weighted by atomic mass is 16.5. The highest BCUT2D eigenvalue weighted by Gasteiger charge is 2.27. The smallest absolute Gasteiger partial charge is 0.309 e. The molecule has 0 N–H and O–H groups in total. The third kappa shape index (κ3) is 2.35. The molecular weight excluding hydrogens is 204 g/mol. The van der Waals surface area contributed by atoms with E-state index in [-0.39, 0.29) is 11.9 Å². The molecule has 3 heteroatoms. The van der Waals surface area contributed by atoms with E-state index in [9.17, 15) is 4.79 Å². The highest BCUT2D eigenvalue weighted by Crippen LogP contribution is 2.25. The maximum atomic E-state index is 11.4. The van der Waals surface area contributed by atoms with Crippen LogP contribution < -0.4 is 4.74 Å². The zero-order chi connectivity index (χ0) is 11.4. The van der Waals surface area contributed by atoms with E-state index in [0.29, 0.717) is 13.2 Å². The fourth-order valence-corrected chi connectivity index (χ4v) is 1.96. The van der Waals surface area contributed by atoms with Crippen molar-refractivity contribution in [2.45, 2.75) is 19.8 Å². The first-order valence-corrected chi connectivity index (χ1v) is 5.68. The second kappa shape index (κ2) is 5.01. The molecule has 1 aliphatic heterocycles. The molecule has 0 bridgehead atoms. The van der Waals surface area contributed by atoms with Gasteiger partial charge in [0.2, 0.25) is 0 Å². The molecule has 1 aromatic carbocycles. The lowest BCUT2D eigenvalue weighted by atomic mass is 9.97. The van der Waals surface area contributed by atoms with Gasteiger partial charge in [-0.25, -0.2) is 0 Å². The average Bonchev–Trinajstić information content (AvgIpc) is 2.68. The van der Waals surface area contributed by atoms with Gasteiger partial charge in [-0.05, 0) is 31.4 Å². The number of rotatable bonds is 4. The third-order valence-electron chi connectivity index (χ3n) is 2.78. The minimum Gasteiger partial charge on any atom is -0.494 e. The number of hydrogen-bond acceptors (Lipinski definition) is 3. The highest BCUT2D eigenvalue weighted by molar-refractivity contribution is 5.74. The van der Waals surface area contributed by atoms with Crippen LogP contribution in [-0.4, -0.2) is 19.2 Å². The second-order valence-corrected chi connectivity index (χ2v) is 3.90. The molecule has 1 heterocycles. The number of para-hydroxylation sites is 1. The summed E-state index contributed by atoms with van der Waals surface area (Å²) < 4.78 is 10.5. The van der Waals surface area contributed by atoms with Gasteiger partial charge in [0.1, 0.15) is 5.75 Å². The minimum atomic E-state index is -0.0775. The monoisotopic (exact) mass is 220 g/mol. The van der Waals surface area contributed by atoms with Crippen LogP contribution in [0.1, 0.15) is 18.9 Å². The molecule has 0 amide bonds. The Morgan fingerprint density at radius 1 is 1.44 bits per heavy atom. The summed E-state index contributed by atoms with van der Waals surface area (Å²) in [6.07, 6.45) is 1.54. The largest absolute Gasteiger partial charge is 0.494 e. The average molecular weight is 220 g/mol. The maximum Gasteiger partial charge on any atom is 0.309 e. The van der Waals surface area contributed by atoms with Crippen LogP contribution in [0.4, 0.5) is 0 Å². The first kappa shape index (κ1) is 11.0. The molecule has 0 aromatic heterocycles. The fraction of sp³-hybridized carbons (Fsp3) is 0.462. The molecule has 1 unspecified atom stereocenters. The number of cyclic esters (lactones) is 1. The van der Waals surface area contributed by atoms with Gasteiger partial charge >= 0.3 is 5.97 Å². The summed E-state index contributed by atoms with van der Waals surface area (Å²) in [5.41, 5.74) is 1.09. The van der Waals surface area contributed by atoms with Crippen LogP contribution in [0.15, 0.2) is 24.3 Å². The number of esters is 1. The Morgan fingerprint density at radius 3 is 2.94 bits per heavy atom. The summed E-state index contributed by atoms with van der Waals surface area (Å²) in [6.45, 7) is 3.16. The van der Waals surface area contributed by atoms with E-state index in [0.717, 1.165) is 24.2 Å². The number of carbonyl (C=O) groups is 1. The maximum absolute atomic E-state index is 11.4. The Balaban J connectivity index is 2.10. The van der Waals surface area contributed by atoms with Gasteiger partial charge in [-0.2, -0.15) is 0 Å². The lowest BCUT2D eigenvalue weighted by Gasteiger charge is -2.11. The van der Waals surface area contributed by atoms with Gasteiger partial charge in [0.05, 0.1) is 19.1 Å². The van der Waals surface area contributed by atoms with Gasteiger partial charge in [0, 0.05) is 0 Å². The predicted octanol–water partition coefficient (Wildman–Crippen LogP) is 2.19. The van der Waals surface area contributed by atoms with Crippen molar-refractivity contribution in [3.8, 4) is 5.75 Å². The number of ether oxygens (including phenoxy) is 2. The van der Waals surface area contributed by atoms with Crippen molar-refractivity contribution < 1.29 is 14.3 Å². The molecular formula is C13H16O3. The van der Waals surface area contributed by atoms with E-state index in [2.05, 4.69) is 0 Å². The Hall–Kier alpha value is -1.51. The van der Waals surface area contributed by atoms with Crippen molar-refractivity contribution in [2.24, 2.45) is 5.92 Å². The standard InChI is InChI=1S/C13H16O3/c1-2-15-12-6-4-3-5-10(12)9-11-7-8-16-13(11)14/h3-6,11H,2,7-9H2,1H3. The molecule has 1 atom stereocenters. The van der Waals surface area contributed by atoms with E-state index in [4.69, 9.17) is 9.47 Å². The van der Waals surface area contributed by atoms with Gasteiger partial charge in [-0.15, -0.1) is 0 Å². The molecule has 1 aromatic rings. The summed E-state index contributed by atoms with van der Waals surface area (Å²) in [6, 6.07) is 7.87. The topological polar surface area (TPSA) is 35.5 Å². The van der Waals surface area contributed by atoms with E-state index in [1.54, 1.807) is 0 Å². The van der Waals surface area contributed by atoms with Crippen LogP contribution in [0.3, 0.4) is 0 Å². The molecule has 2 rings (SSSR count). The molecule has 16 heavy (non-hydrogen) atoms. The van der Waals surface area contributed by atoms with E-state index >= 15 is 0 Å². The number of carbonyl (C=O) groups excluding carboxylic acids is 1. The van der Waals surface area contributed by atoms with Gasteiger partial charge in [-0.1, -0.05) is 18.2 Å². The van der Waals surface area contributed by atoms with Crippen molar-refractivity contribution in [3.63, 3.8) is 0 Å². The van der Waals surface area contributed by atoms with Crippen molar-refractivity contribution in [2.75, 3.05) is 13.2 Å². The van der Waals surface area contributed by atoms with Crippen LogP contribution in [0.25, 0.3) is 0 Å². The zero-order valence-corrected chi connectivity index (χ0v) is 9.44. The molecule has 0 spiro atoms. The first-order valence-electron chi connectivity index (χ1n) is 5.68. The molecule has 0 saturated carbocycles. The Labute approximate surface area is 95.4 Å². The molecule has 3 nitrogen and oxygen atoms in total. The van der Waals surface area contributed by atoms with Crippen molar-refractivity contribution in [3.05, 3.63) is 29.8 Å². The second-order valence-electron chi connectivity index (χ2n) is 3.90. The summed E-state index contributed by atoms with van der Waals surface area (Å²) in [5.74, 6) is 0.803. The summed E-state index contributed by atoms with van der Waals surface area (Å²) >= 11 is 0. The predicted molar refractivity (Wildman–Crippen MR) is 60.4 cm³/mol. The first-order chi connectivity index (χ1) is 7.81. The quantitative estimate of drug-likeness (QED) is 0.730. The Kier molecular flexibility index (Phi) is 3.44. The lowest BCUT2D eigenvalue weighted by molar-refractivity contribution is -0.141. The van der Waals surface area contributed by atoms with Crippen LogP contribution in [0.2, 0.25) is 0 Å². The van der Waals surface area contributed by atoms with Crippen LogP contribution in [0, 0.1) is 5.92 Å². The normalized spacial score (nSPS) is 19.6. The molecule has 0 aliphatic carbocycles. The van der Waals surface area contributed by atoms with E-state index in [1.807, 2.05) is 31.2 Å². The zero-order valence-electron chi connectivity index (χ0n) is 9.44. The summed E-state index contributed by atoms with van der Waals surface area (Å²) in [5, 5.41) is 0. The molecule has 0 radical (unpaired) electrons. The van der Waals surface area contributed by atoms with Crippen LogP contribution >= 0.6 is 0 Å². The summed E-state index contributed by atoms with van der Waals surface area (Å²) in [7, 11) is 0. The van der Waals surface area contributed by atoms with Crippen LogP contribution in [0.5, 0.6) is 5.75 Å². The molecule has 1 aliphatic rings. The van der Waals surface area contributed by atoms with Crippen molar-refractivity contribution in [1.82, 2.24) is 0 Å². The van der Waals surface area contributed by atoms with E-state index in [1.165, 1.54) is 0 Å². The van der Waals surface area contributed by atoms with Gasteiger partial charge < -0.3 is 9.47 Å². The molecule has 86 valence electrons. The lowest BCUT2D eigenvalue weighted by Crippen LogP contribution is -2.11. The van der Waals surface area contributed by atoms with Gasteiger partial charge in [0.25, 0.3) is 0 Å². The Bertz CT molecular complexity index is 373.